The van der Waals surface area contributed by atoms with Crippen molar-refractivity contribution >= 4 is 11.3 Å². The van der Waals surface area contributed by atoms with Gasteiger partial charge in [-0.2, -0.15) is 0 Å². The van der Waals surface area contributed by atoms with Gasteiger partial charge in [-0.15, -0.1) is 10.2 Å². The predicted octanol–water partition coefficient (Wildman–Crippen LogP) is 2.43. The zero-order valence-corrected chi connectivity index (χ0v) is 9.76. The summed E-state index contributed by atoms with van der Waals surface area (Å²) in [5, 5.41) is 8.20. The van der Waals surface area contributed by atoms with E-state index in [9.17, 15) is 4.39 Å². The fourth-order valence-corrected chi connectivity index (χ4v) is 1.97. The minimum Gasteiger partial charge on any atom is -0.398 e. The third-order valence-electron chi connectivity index (χ3n) is 2.85. The molecule has 1 aromatic carbocycles. The maximum absolute atomic E-state index is 13.1. The minimum atomic E-state index is -0.260. The highest BCUT2D eigenvalue weighted by atomic mass is 19.1. The zero-order chi connectivity index (χ0) is 12.7. The first kappa shape index (κ1) is 10.7. The van der Waals surface area contributed by atoms with E-state index in [1.54, 1.807) is 28.8 Å². The molecule has 0 saturated heterocycles. The van der Waals surface area contributed by atoms with E-state index in [4.69, 9.17) is 5.73 Å². The standard InChI is InChI=1S/C13H11FN4/c1-8-6-9(14)2-4-11(8)13-17-16-12-5-3-10(15)7-18(12)13/h2-7H,15H2,1H3. The molecule has 0 radical (unpaired) electrons. The number of aryl methyl sites for hydroxylation is 1. The fourth-order valence-electron chi connectivity index (χ4n) is 1.97. The van der Waals surface area contributed by atoms with Crippen molar-refractivity contribution < 1.29 is 4.39 Å². The summed E-state index contributed by atoms with van der Waals surface area (Å²) in [6.07, 6.45) is 1.76. The number of hydrogen-bond donors (Lipinski definition) is 1. The first-order chi connectivity index (χ1) is 8.65. The number of nitrogens with zero attached hydrogens (tertiary/aromatic N) is 3. The van der Waals surface area contributed by atoms with Crippen molar-refractivity contribution in [2.24, 2.45) is 0 Å². The molecule has 3 aromatic rings. The van der Waals surface area contributed by atoms with Crippen LogP contribution in [0.25, 0.3) is 17.0 Å². The molecule has 0 fully saturated rings. The van der Waals surface area contributed by atoms with Crippen molar-refractivity contribution in [3.8, 4) is 11.4 Å². The Balaban J connectivity index is 2.28. The number of nitrogen functional groups attached to an aromatic ring is 1. The number of anilines is 1. The van der Waals surface area contributed by atoms with Crippen LogP contribution in [0.1, 0.15) is 5.56 Å². The lowest BCUT2D eigenvalue weighted by atomic mass is 10.1. The SMILES string of the molecule is Cc1cc(F)ccc1-c1nnc2ccc(N)cn12. The van der Waals surface area contributed by atoms with Gasteiger partial charge in [-0.3, -0.25) is 4.40 Å². The normalized spacial score (nSPS) is 11.0. The van der Waals surface area contributed by atoms with Crippen molar-refractivity contribution in [1.82, 2.24) is 14.6 Å². The summed E-state index contributed by atoms with van der Waals surface area (Å²) in [6.45, 7) is 1.84. The number of rotatable bonds is 1. The maximum Gasteiger partial charge on any atom is 0.168 e. The molecule has 4 nitrogen and oxygen atoms in total. The van der Waals surface area contributed by atoms with Gasteiger partial charge < -0.3 is 5.73 Å². The molecule has 0 atom stereocenters. The van der Waals surface area contributed by atoms with Gasteiger partial charge >= 0.3 is 0 Å². The lowest BCUT2D eigenvalue weighted by molar-refractivity contribution is 0.627. The van der Waals surface area contributed by atoms with E-state index >= 15 is 0 Å². The van der Waals surface area contributed by atoms with Crippen LogP contribution in [-0.2, 0) is 0 Å². The third-order valence-corrected chi connectivity index (χ3v) is 2.85. The number of halogens is 1. The first-order valence-electron chi connectivity index (χ1n) is 5.52. The van der Waals surface area contributed by atoms with Crippen LogP contribution in [0.15, 0.2) is 36.5 Å². The highest BCUT2D eigenvalue weighted by Gasteiger charge is 2.10. The van der Waals surface area contributed by atoms with E-state index in [1.807, 2.05) is 6.92 Å². The van der Waals surface area contributed by atoms with Gasteiger partial charge in [0.05, 0.1) is 0 Å². The molecule has 0 unspecified atom stereocenters. The zero-order valence-electron chi connectivity index (χ0n) is 9.76. The van der Waals surface area contributed by atoms with Crippen molar-refractivity contribution in [2.45, 2.75) is 6.92 Å². The Morgan fingerprint density at radius 1 is 1.17 bits per heavy atom. The van der Waals surface area contributed by atoms with Gasteiger partial charge in [0.2, 0.25) is 0 Å². The van der Waals surface area contributed by atoms with Gasteiger partial charge in [0.15, 0.2) is 11.5 Å². The quantitative estimate of drug-likeness (QED) is 0.713. The van der Waals surface area contributed by atoms with E-state index in [0.29, 0.717) is 17.2 Å². The summed E-state index contributed by atoms with van der Waals surface area (Å²) in [4.78, 5) is 0. The van der Waals surface area contributed by atoms with Crippen LogP contribution >= 0.6 is 0 Å². The molecule has 0 bridgehead atoms. The second kappa shape index (κ2) is 3.80. The molecule has 0 amide bonds. The number of benzene rings is 1. The van der Waals surface area contributed by atoms with Crippen LogP contribution in [0.3, 0.4) is 0 Å². The average Bonchev–Trinajstić information content (AvgIpc) is 2.72. The van der Waals surface area contributed by atoms with Gasteiger partial charge in [-0.25, -0.2) is 4.39 Å². The van der Waals surface area contributed by atoms with Crippen molar-refractivity contribution in [3.63, 3.8) is 0 Å². The molecule has 3 rings (SSSR count). The molecular formula is C13H11FN4. The van der Waals surface area contributed by atoms with Crippen LogP contribution in [0, 0.1) is 12.7 Å². The van der Waals surface area contributed by atoms with E-state index < -0.39 is 0 Å². The number of nitrogens with two attached hydrogens (primary N) is 1. The summed E-state index contributed by atoms with van der Waals surface area (Å²) in [7, 11) is 0. The summed E-state index contributed by atoms with van der Waals surface area (Å²) in [5.41, 5.74) is 8.75. The summed E-state index contributed by atoms with van der Waals surface area (Å²) in [5.74, 6) is 0.402. The number of hydrogen-bond acceptors (Lipinski definition) is 3. The van der Waals surface area contributed by atoms with E-state index in [-0.39, 0.29) is 5.82 Å². The topological polar surface area (TPSA) is 56.2 Å². The molecular weight excluding hydrogens is 231 g/mol. The Bertz CT molecular complexity index is 733. The minimum absolute atomic E-state index is 0.260. The van der Waals surface area contributed by atoms with Crippen LogP contribution in [-0.4, -0.2) is 14.6 Å². The molecule has 0 aliphatic carbocycles. The van der Waals surface area contributed by atoms with Crippen molar-refractivity contribution in [3.05, 3.63) is 47.9 Å². The molecule has 0 aliphatic rings. The van der Waals surface area contributed by atoms with E-state index in [1.165, 1.54) is 12.1 Å². The van der Waals surface area contributed by atoms with E-state index in [0.717, 1.165) is 11.1 Å². The van der Waals surface area contributed by atoms with Gasteiger partial charge in [0, 0.05) is 17.4 Å². The molecule has 2 N–H and O–H groups in total. The van der Waals surface area contributed by atoms with Gasteiger partial charge in [0.1, 0.15) is 5.82 Å². The second-order valence-corrected chi connectivity index (χ2v) is 4.17. The second-order valence-electron chi connectivity index (χ2n) is 4.17. The highest BCUT2D eigenvalue weighted by Crippen LogP contribution is 2.23. The molecule has 2 heterocycles. The van der Waals surface area contributed by atoms with Crippen molar-refractivity contribution in [1.29, 1.82) is 0 Å². The number of pyridine rings is 1. The molecule has 5 heteroatoms. The van der Waals surface area contributed by atoms with Gasteiger partial charge in [-0.1, -0.05) is 0 Å². The summed E-state index contributed by atoms with van der Waals surface area (Å²) >= 11 is 0. The van der Waals surface area contributed by atoms with Gasteiger partial charge in [0.25, 0.3) is 0 Å². The monoisotopic (exact) mass is 242 g/mol. The average molecular weight is 242 g/mol. The summed E-state index contributed by atoms with van der Waals surface area (Å²) < 4.78 is 14.9. The Hall–Kier alpha value is -2.43. The molecule has 18 heavy (non-hydrogen) atoms. The van der Waals surface area contributed by atoms with Crippen LogP contribution in [0.2, 0.25) is 0 Å². The maximum atomic E-state index is 13.1. The molecule has 0 saturated carbocycles. The Morgan fingerprint density at radius 3 is 2.78 bits per heavy atom. The van der Waals surface area contributed by atoms with E-state index in [2.05, 4.69) is 10.2 Å². The Labute approximate surface area is 103 Å². The lowest BCUT2D eigenvalue weighted by Gasteiger charge is -2.04. The largest absolute Gasteiger partial charge is 0.398 e. The summed E-state index contributed by atoms with van der Waals surface area (Å²) in [6, 6.07) is 8.15. The lowest BCUT2D eigenvalue weighted by Crippen LogP contribution is -1.94. The van der Waals surface area contributed by atoms with Crippen molar-refractivity contribution in [2.75, 3.05) is 5.73 Å². The molecule has 0 spiro atoms. The van der Waals surface area contributed by atoms with Gasteiger partial charge in [-0.05, 0) is 42.8 Å². The smallest absolute Gasteiger partial charge is 0.168 e. The molecule has 90 valence electrons. The Morgan fingerprint density at radius 2 is 2.00 bits per heavy atom. The highest BCUT2D eigenvalue weighted by molar-refractivity contribution is 5.64. The molecule has 2 aromatic heterocycles. The fraction of sp³-hybridized carbons (Fsp3) is 0.0769. The van der Waals surface area contributed by atoms with Crippen LogP contribution in [0.4, 0.5) is 10.1 Å². The van der Waals surface area contributed by atoms with Crippen LogP contribution < -0.4 is 5.73 Å². The third kappa shape index (κ3) is 1.60. The first-order valence-corrected chi connectivity index (χ1v) is 5.52. The van der Waals surface area contributed by atoms with Crippen LogP contribution in [0.5, 0.6) is 0 Å². The number of aromatic nitrogens is 3. The number of fused-ring (bicyclic) bond motifs is 1. The molecule has 0 aliphatic heterocycles. The predicted molar refractivity (Wildman–Crippen MR) is 67.5 cm³/mol. The Kier molecular flexibility index (Phi) is 2.26.